The molecule has 0 aliphatic heterocycles. The molecule has 0 saturated heterocycles. The van der Waals surface area contributed by atoms with Crippen LogP contribution in [0.15, 0.2) is 18.2 Å². The monoisotopic (exact) mass is 323 g/mol. The number of nitrogens with zero attached hydrogens (tertiary/aromatic N) is 1. The van der Waals surface area contributed by atoms with Crippen molar-refractivity contribution in [2.45, 2.75) is 51.2 Å². The molecule has 3 N–H and O–H groups in total. The van der Waals surface area contributed by atoms with Gasteiger partial charge in [-0.05, 0) is 44.9 Å². The molecule has 1 aromatic rings. The third-order valence-electron chi connectivity index (χ3n) is 4.47. The van der Waals surface area contributed by atoms with E-state index in [4.69, 9.17) is 0 Å². The topological polar surface area (TPSA) is 64.6 Å². The molecule has 2 amide bonds. The highest BCUT2D eigenvalue weighted by Crippen LogP contribution is 2.28. The Kier molecular flexibility index (Phi) is 5.46. The number of nitrogens with one attached hydrogen (secondary N) is 2. The molecule has 0 heterocycles. The van der Waals surface area contributed by atoms with Crippen molar-refractivity contribution in [3.63, 3.8) is 0 Å². The first-order chi connectivity index (χ1) is 10.8. The third-order valence-corrected chi connectivity index (χ3v) is 4.47. The number of aliphatic hydroxyl groups is 1. The molecule has 1 aromatic carbocycles. The number of carbonyl (C=O) groups excluding carboxylic acids is 1. The molecule has 2 rings (SSSR count). The van der Waals surface area contributed by atoms with E-state index in [9.17, 15) is 14.3 Å². The Morgan fingerprint density at radius 3 is 2.61 bits per heavy atom. The maximum atomic E-state index is 14.2. The second-order valence-electron chi connectivity index (χ2n) is 6.61. The van der Waals surface area contributed by atoms with Crippen LogP contribution >= 0.6 is 0 Å². The molecule has 1 saturated carbocycles. The Hall–Kier alpha value is -1.82. The van der Waals surface area contributed by atoms with E-state index in [1.54, 1.807) is 12.1 Å². The van der Waals surface area contributed by atoms with Gasteiger partial charge in [-0.15, -0.1) is 0 Å². The van der Waals surface area contributed by atoms with Crippen molar-refractivity contribution in [3.05, 3.63) is 24.0 Å². The number of anilines is 2. The zero-order chi connectivity index (χ0) is 17.0. The van der Waals surface area contributed by atoms with E-state index in [2.05, 4.69) is 10.6 Å². The molecule has 0 unspecified atom stereocenters. The number of halogens is 1. The fourth-order valence-corrected chi connectivity index (χ4v) is 2.78. The minimum atomic E-state index is -0.799. The molecule has 0 aromatic heterocycles. The Bertz CT molecular complexity index is 557. The molecule has 0 spiro atoms. The number of amides is 2. The van der Waals surface area contributed by atoms with E-state index < -0.39 is 11.6 Å². The average Bonchev–Trinajstić information content (AvgIpc) is 2.92. The zero-order valence-electron chi connectivity index (χ0n) is 14.0. The van der Waals surface area contributed by atoms with Crippen molar-refractivity contribution < 1.29 is 14.3 Å². The van der Waals surface area contributed by atoms with Gasteiger partial charge in [0.15, 0.2) is 0 Å². The summed E-state index contributed by atoms with van der Waals surface area (Å²) in [7, 11) is 1.82. The van der Waals surface area contributed by atoms with Gasteiger partial charge in [0, 0.05) is 25.3 Å². The predicted octanol–water partition coefficient (Wildman–Crippen LogP) is 3.10. The van der Waals surface area contributed by atoms with Gasteiger partial charge in [0.25, 0.3) is 0 Å². The normalized spacial score (nSPS) is 16.4. The van der Waals surface area contributed by atoms with Crippen LogP contribution in [0.5, 0.6) is 0 Å². The summed E-state index contributed by atoms with van der Waals surface area (Å²) in [5, 5.41) is 15.4. The van der Waals surface area contributed by atoms with E-state index in [1.807, 2.05) is 25.8 Å². The van der Waals surface area contributed by atoms with Crippen molar-refractivity contribution >= 4 is 17.4 Å². The van der Waals surface area contributed by atoms with Gasteiger partial charge >= 0.3 is 6.03 Å². The van der Waals surface area contributed by atoms with Crippen molar-refractivity contribution in [2.75, 3.05) is 23.8 Å². The second-order valence-corrected chi connectivity index (χ2v) is 6.61. The second kappa shape index (κ2) is 7.17. The summed E-state index contributed by atoms with van der Waals surface area (Å²) in [4.78, 5) is 13.7. The highest BCUT2D eigenvalue weighted by Gasteiger charge is 2.31. The molecular formula is C17H26FN3O2. The number of urea groups is 1. The van der Waals surface area contributed by atoms with E-state index in [1.165, 1.54) is 6.07 Å². The Morgan fingerprint density at radius 1 is 1.39 bits per heavy atom. The number of rotatable bonds is 5. The lowest BCUT2D eigenvalue weighted by Gasteiger charge is -2.24. The molecular weight excluding hydrogens is 297 g/mol. The maximum Gasteiger partial charge on any atom is 0.319 e. The van der Waals surface area contributed by atoms with Gasteiger partial charge in [-0.1, -0.05) is 12.8 Å². The standard InChI is InChI=1S/C17H26FN3O2/c1-12(2)21(3)15-7-6-13(10-14(15)18)20-16(22)19-11-17(23)8-4-5-9-17/h6-7,10,12,23H,4-5,8-9,11H2,1-3H3,(H2,19,20,22). The van der Waals surface area contributed by atoms with E-state index in [0.29, 0.717) is 24.2 Å². The number of benzene rings is 1. The maximum absolute atomic E-state index is 14.2. The van der Waals surface area contributed by atoms with Gasteiger partial charge in [-0.2, -0.15) is 0 Å². The molecule has 1 fully saturated rings. The van der Waals surface area contributed by atoms with Crippen molar-refractivity contribution in [3.8, 4) is 0 Å². The average molecular weight is 323 g/mol. The van der Waals surface area contributed by atoms with Crippen molar-refractivity contribution in [2.24, 2.45) is 0 Å². The van der Waals surface area contributed by atoms with Gasteiger partial charge in [0.2, 0.25) is 0 Å². The molecule has 6 heteroatoms. The molecule has 0 radical (unpaired) electrons. The van der Waals surface area contributed by atoms with Crippen LogP contribution in [-0.4, -0.2) is 36.4 Å². The fraction of sp³-hybridized carbons (Fsp3) is 0.588. The van der Waals surface area contributed by atoms with E-state index in [-0.39, 0.29) is 18.4 Å². The highest BCUT2D eigenvalue weighted by molar-refractivity contribution is 5.89. The van der Waals surface area contributed by atoms with Crippen LogP contribution in [0.1, 0.15) is 39.5 Å². The SMILES string of the molecule is CC(C)N(C)c1ccc(NC(=O)NCC2(O)CCCC2)cc1F. The molecule has 0 atom stereocenters. The van der Waals surface area contributed by atoms with Gasteiger partial charge in [-0.3, -0.25) is 0 Å². The lowest BCUT2D eigenvalue weighted by molar-refractivity contribution is 0.0506. The van der Waals surface area contributed by atoms with Gasteiger partial charge in [0.1, 0.15) is 5.82 Å². The summed E-state index contributed by atoms with van der Waals surface area (Å²) in [6, 6.07) is 4.36. The number of hydrogen-bond acceptors (Lipinski definition) is 3. The smallest absolute Gasteiger partial charge is 0.319 e. The molecule has 0 bridgehead atoms. The Labute approximate surface area is 136 Å². The van der Waals surface area contributed by atoms with Crippen LogP contribution in [0.2, 0.25) is 0 Å². The summed E-state index contributed by atoms with van der Waals surface area (Å²) in [5.74, 6) is -0.381. The minimum Gasteiger partial charge on any atom is -0.388 e. The lowest BCUT2D eigenvalue weighted by Crippen LogP contribution is -2.42. The molecule has 5 nitrogen and oxygen atoms in total. The van der Waals surface area contributed by atoms with Crippen molar-refractivity contribution in [1.82, 2.24) is 5.32 Å². The first-order valence-electron chi connectivity index (χ1n) is 8.10. The highest BCUT2D eigenvalue weighted by atomic mass is 19.1. The lowest BCUT2D eigenvalue weighted by atomic mass is 10.0. The van der Waals surface area contributed by atoms with Crippen LogP contribution in [-0.2, 0) is 0 Å². The summed E-state index contributed by atoms with van der Waals surface area (Å²) in [5.41, 5.74) is 0.0809. The van der Waals surface area contributed by atoms with Gasteiger partial charge in [0.05, 0.1) is 11.3 Å². The van der Waals surface area contributed by atoms with Gasteiger partial charge in [-0.25, -0.2) is 9.18 Å². The summed E-state index contributed by atoms with van der Waals surface area (Å²) >= 11 is 0. The van der Waals surface area contributed by atoms with E-state index >= 15 is 0 Å². The van der Waals surface area contributed by atoms with Crippen LogP contribution in [0.25, 0.3) is 0 Å². The number of carbonyl (C=O) groups is 1. The minimum absolute atomic E-state index is 0.179. The van der Waals surface area contributed by atoms with Crippen LogP contribution in [0.4, 0.5) is 20.6 Å². The van der Waals surface area contributed by atoms with Crippen LogP contribution in [0, 0.1) is 5.82 Å². The molecule has 128 valence electrons. The third kappa shape index (κ3) is 4.58. The molecule has 1 aliphatic rings. The predicted molar refractivity (Wildman–Crippen MR) is 90.4 cm³/mol. The Morgan fingerprint density at radius 2 is 2.04 bits per heavy atom. The summed E-state index contributed by atoms with van der Waals surface area (Å²) in [6.07, 6.45) is 3.38. The van der Waals surface area contributed by atoms with Crippen molar-refractivity contribution in [1.29, 1.82) is 0 Å². The first-order valence-corrected chi connectivity index (χ1v) is 8.10. The quantitative estimate of drug-likeness (QED) is 0.780. The first kappa shape index (κ1) is 17.5. The van der Waals surface area contributed by atoms with Crippen LogP contribution < -0.4 is 15.5 Å². The zero-order valence-corrected chi connectivity index (χ0v) is 14.0. The van der Waals surface area contributed by atoms with Crippen LogP contribution in [0.3, 0.4) is 0 Å². The summed E-state index contributed by atoms with van der Waals surface area (Å²) in [6.45, 7) is 4.18. The summed E-state index contributed by atoms with van der Waals surface area (Å²) < 4.78 is 14.2. The van der Waals surface area contributed by atoms with E-state index in [0.717, 1.165) is 12.8 Å². The molecule has 1 aliphatic carbocycles. The number of hydrogen-bond donors (Lipinski definition) is 3. The molecule has 23 heavy (non-hydrogen) atoms. The van der Waals surface area contributed by atoms with Gasteiger partial charge < -0.3 is 20.6 Å². The largest absolute Gasteiger partial charge is 0.388 e. The Balaban J connectivity index is 1.92. The fourth-order valence-electron chi connectivity index (χ4n) is 2.78.